The molecule has 242 valence electrons. The van der Waals surface area contributed by atoms with E-state index >= 15 is 4.39 Å². The van der Waals surface area contributed by atoms with Crippen LogP contribution in [0.4, 0.5) is 15.9 Å². The predicted octanol–water partition coefficient (Wildman–Crippen LogP) is 5.54. The summed E-state index contributed by atoms with van der Waals surface area (Å²) in [5, 5.41) is 22.2. The van der Waals surface area contributed by atoms with E-state index in [0.29, 0.717) is 64.0 Å². The summed E-state index contributed by atoms with van der Waals surface area (Å²) < 4.78 is 21.0. The number of benzene rings is 2. The van der Waals surface area contributed by atoms with E-state index in [4.69, 9.17) is 33.0 Å². The zero-order chi connectivity index (χ0) is 32.5. The van der Waals surface area contributed by atoms with Gasteiger partial charge in [-0.3, -0.25) is 9.78 Å². The van der Waals surface area contributed by atoms with E-state index in [0.717, 1.165) is 42.8 Å². The Balaban J connectivity index is 1.32. The van der Waals surface area contributed by atoms with E-state index in [-0.39, 0.29) is 24.4 Å². The Hall–Kier alpha value is -3.80. The lowest BCUT2D eigenvalue weighted by molar-refractivity contribution is -0.119. The number of halogens is 3. The number of anilines is 2. The topological polar surface area (TPSA) is 120 Å². The first-order valence-electron chi connectivity index (χ1n) is 15.2. The summed E-state index contributed by atoms with van der Waals surface area (Å²) >= 11 is 13.9. The van der Waals surface area contributed by atoms with Crippen molar-refractivity contribution >= 4 is 40.6 Å². The Morgan fingerprint density at radius 2 is 1.76 bits per heavy atom. The number of carbonyl (C=O) groups is 1. The van der Waals surface area contributed by atoms with Crippen LogP contribution in [0.2, 0.25) is 10.0 Å². The van der Waals surface area contributed by atoms with Gasteiger partial charge in [0.2, 0.25) is 5.91 Å². The molecule has 1 aliphatic rings. The highest BCUT2D eigenvalue weighted by molar-refractivity contribution is 6.39. The van der Waals surface area contributed by atoms with E-state index in [1.165, 1.54) is 0 Å². The van der Waals surface area contributed by atoms with Crippen molar-refractivity contribution in [2.75, 3.05) is 45.2 Å². The summed E-state index contributed by atoms with van der Waals surface area (Å²) in [5.41, 5.74) is 4.69. The molecule has 0 spiro atoms. The molecule has 46 heavy (non-hydrogen) atoms. The molecular formula is C34H37Cl2FN6O3. The molecule has 0 unspecified atom stereocenters. The molecule has 1 fully saturated rings. The molecule has 0 radical (unpaired) electrons. The third-order valence-corrected chi connectivity index (χ3v) is 8.66. The van der Waals surface area contributed by atoms with Crippen LogP contribution in [0.25, 0.3) is 22.4 Å². The quantitative estimate of drug-likeness (QED) is 0.105. The largest absolute Gasteiger partial charge is 0.496 e. The van der Waals surface area contributed by atoms with Crippen LogP contribution in [-0.4, -0.2) is 66.9 Å². The fourth-order valence-electron chi connectivity index (χ4n) is 5.44. The van der Waals surface area contributed by atoms with Crippen LogP contribution in [0, 0.1) is 5.82 Å². The average molecular weight is 668 g/mol. The van der Waals surface area contributed by atoms with E-state index in [1.54, 1.807) is 37.7 Å². The van der Waals surface area contributed by atoms with Gasteiger partial charge in [-0.15, -0.1) is 0 Å². The molecule has 12 heteroatoms. The summed E-state index contributed by atoms with van der Waals surface area (Å²) in [7, 11) is 1.63. The number of nitrogens with zero attached hydrogens (tertiary/aromatic N) is 2. The number of methoxy groups -OCH3 is 1. The minimum Gasteiger partial charge on any atom is -0.496 e. The summed E-state index contributed by atoms with van der Waals surface area (Å²) in [6.07, 6.45) is 5.86. The SMILES string of the molecule is COc1cc(-c2nccc(-c3cccc(Nc4nccc(CCNCCO)c4F)c3Cl)c2Cl)ccc1CCNC[C@H]1CCC(=O)N1. The fraction of sp³-hybridized carbons (Fsp3) is 0.324. The molecule has 2 aromatic carbocycles. The van der Waals surface area contributed by atoms with E-state index in [9.17, 15) is 4.79 Å². The third kappa shape index (κ3) is 8.12. The number of aromatic nitrogens is 2. The number of hydrogen-bond acceptors (Lipinski definition) is 8. The highest BCUT2D eigenvalue weighted by Gasteiger charge is 2.20. The summed E-state index contributed by atoms with van der Waals surface area (Å²) in [6.45, 7) is 2.46. The number of nitrogens with one attached hydrogen (secondary N) is 4. The maximum Gasteiger partial charge on any atom is 0.220 e. The number of pyridine rings is 2. The van der Waals surface area contributed by atoms with Crippen molar-refractivity contribution in [2.24, 2.45) is 0 Å². The van der Waals surface area contributed by atoms with E-state index < -0.39 is 5.82 Å². The van der Waals surface area contributed by atoms with Crippen LogP contribution in [0.3, 0.4) is 0 Å². The molecule has 1 atom stereocenters. The van der Waals surface area contributed by atoms with Gasteiger partial charge in [0.05, 0.1) is 35.1 Å². The van der Waals surface area contributed by atoms with Crippen molar-refractivity contribution < 1.29 is 19.0 Å². The Labute approximate surface area is 277 Å². The van der Waals surface area contributed by atoms with Crippen molar-refractivity contribution in [2.45, 2.75) is 31.7 Å². The number of ether oxygens (including phenoxy) is 1. The van der Waals surface area contributed by atoms with Crippen molar-refractivity contribution in [1.29, 1.82) is 0 Å². The first kappa shape index (κ1) is 33.6. The molecule has 0 aliphatic carbocycles. The fourth-order valence-corrected chi connectivity index (χ4v) is 6.03. The molecule has 3 heterocycles. The number of rotatable bonds is 15. The number of carbonyl (C=O) groups excluding carboxylic acids is 1. The molecule has 1 aliphatic heterocycles. The van der Waals surface area contributed by atoms with Crippen molar-refractivity contribution in [3.05, 3.63) is 87.9 Å². The highest BCUT2D eigenvalue weighted by atomic mass is 35.5. The van der Waals surface area contributed by atoms with Crippen molar-refractivity contribution in [3.63, 3.8) is 0 Å². The minimum atomic E-state index is -0.463. The molecule has 1 saturated heterocycles. The second-order valence-electron chi connectivity index (χ2n) is 11.0. The Kier molecular flexibility index (Phi) is 11.8. The van der Waals surface area contributed by atoms with Crippen molar-refractivity contribution in [1.82, 2.24) is 25.9 Å². The Bertz CT molecular complexity index is 1670. The second kappa shape index (κ2) is 16.2. The van der Waals surface area contributed by atoms with Crippen molar-refractivity contribution in [3.8, 4) is 28.1 Å². The monoisotopic (exact) mass is 666 g/mol. The number of aliphatic hydroxyl groups excluding tert-OH is 1. The maximum absolute atomic E-state index is 15.3. The molecule has 5 rings (SSSR count). The normalized spacial score (nSPS) is 14.4. The second-order valence-corrected chi connectivity index (χ2v) is 11.7. The van der Waals surface area contributed by atoms with Gasteiger partial charge in [-0.2, -0.15) is 0 Å². The molecule has 4 aromatic rings. The molecule has 5 N–H and O–H groups in total. The molecule has 0 saturated carbocycles. The van der Waals surface area contributed by atoms with Gasteiger partial charge in [0, 0.05) is 54.6 Å². The van der Waals surface area contributed by atoms with E-state index in [1.807, 2.05) is 30.3 Å². The summed E-state index contributed by atoms with van der Waals surface area (Å²) in [4.78, 5) is 20.2. The Morgan fingerprint density at radius 1 is 0.978 bits per heavy atom. The predicted molar refractivity (Wildman–Crippen MR) is 181 cm³/mol. The average Bonchev–Trinajstić information content (AvgIpc) is 3.49. The molecule has 9 nitrogen and oxygen atoms in total. The number of hydrogen-bond donors (Lipinski definition) is 5. The highest BCUT2D eigenvalue weighted by Crippen LogP contribution is 2.41. The maximum atomic E-state index is 15.3. The summed E-state index contributed by atoms with van der Waals surface area (Å²) in [6, 6.07) is 14.9. The minimum absolute atomic E-state index is 0.0205. The molecule has 2 aromatic heterocycles. The van der Waals surface area contributed by atoms with Gasteiger partial charge < -0.3 is 31.1 Å². The lowest BCUT2D eigenvalue weighted by atomic mass is 10.0. The van der Waals surface area contributed by atoms with Gasteiger partial charge in [0.1, 0.15) is 5.75 Å². The van der Waals surface area contributed by atoms with Crippen LogP contribution in [-0.2, 0) is 17.6 Å². The first-order valence-corrected chi connectivity index (χ1v) is 16.0. The van der Waals surface area contributed by atoms with Gasteiger partial charge in [-0.05, 0) is 67.7 Å². The molecule has 0 bridgehead atoms. The van der Waals surface area contributed by atoms with E-state index in [2.05, 4.69) is 31.2 Å². The zero-order valence-corrected chi connectivity index (χ0v) is 27.0. The number of aliphatic hydroxyl groups is 1. The Morgan fingerprint density at radius 3 is 2.54 bits per heavy atom. The standard InChI is InChI=1S/C34H37Cl2FN6O3/c1-46-28-19-23(6-5-21(28)9-14-39-20-24-7-8-29(45)42-24)33-31(36)26(12-16-40-33)25-3-2-4-27(30(25)35)43-34-32(37)22(11-15-41-34)10-13-38-17-18-44/h2-6,11-12,15-16,19,24,38-39,44H,7-10,13-14,17-18,20H2,1H3,(H,41,43)(H,42,45)/t24-/m1/s1. The van der Waals surface area contributed by atoms with Gasteiger partial charge in [-0.1, -0.05) is 47.5 Å². The van der Waals surface area contributed by atoms with Crippen LogP contribution in [0.5, 0.6) is 5.75 Å². The summed E-state index contributed by atoms with van der Waals surface area (Å²) in [5.74, 6) is 0.435. The zero-order valence-electron chi connectivity index (χ0n) is 25.5. The van der Waals surface area contributed by atoms with Crippen LogP contribution in [0.15, 0.2) is 60.9 Å². The van der Waals surface area contributed by atoms with Gasteiger partial charge in [-0.25, -0.2) is 9.37 Å². The molecular weight excluding hydrogens is 630 g/mol. The van der Waals surface area contributed by atoms with Crippen LogP contribution >= 0.6 is 23.2 Å². The van der Waals surface area contributed by atoms with Crippen LogP contribution < -0.4 is 26.0 Å². The molecule has 1 amide bonds. The number of amides is 1. The smallest absolute Gasteiger partial charge is 0.220 e. The van der Waals surface area contributed by atoms with Gasteiger partial charge >= 0.3 is 0 Å². The lowest BCUT2D eigenvalue weighted by Gasteiger charge is -2.16. The lowest BCUT2D eigenvalue weighted by Crippen LogP contribution is -2.36. The van der Waals surface area contributed by atoms with Gasteiger partial charge in [0.15, 0.2) is 11.6 Å². The van der Waals surface area contributed by atoms with Gasteiger partial charge in [0.25, 0.3) is 0 Å². The first-order chi connectivity index (χ1) is 22.4. The third-order valence-electron chi connectivity index (χ3n) is 7.87. The van der Waals surface area contributed by atoms with Crippen LogP contribution in [0.1, 0.15) is 24.0 Å².